The van der Waals surface area contributed by atoms with Crippen LogP contribution in [0.15, 0.2) is 23.1 Å². The Balaban J connectivity index is 1.87. The van der Waals surface area contributed by atoms with E-state index in [4.69, 9.17) is 4.74 Å². The van der Waals surface area contributed by atoms with Crippen LogP contribution in [0.3, 0.4) is 0 Å². The van der Waals surface area contributed by atoms with Gasteiger partial charge < -0.3 is 19.9 Å². The van der Waals surface area contributed by atoms with Gasteiger partial charge in [-0.1, -0.05) is 0 Å². The number of rotatable bonds is 4. The van der Waals surface area contributed by atoms with Gasteiger partial charge in [0, 0.05) is 37.9 Å². The smallest absolute Gasteiger partial charge is 0.250 e. The van der Waals surface area contributed by atoms with Crippen LogP contribution in [-0.2, 0) is 11.8 Å². The van der Waals surface area contributed by atoms with Crippen molar-refractivity contribution in [3.05, 3.63) is 28.7 Å². The lowest BCUT2D eigenvalue weighted by atomic mass is 10.1. The van der Waals surface area contributed by atoms with Crippen LogP contribution in [-0.4, -0.2) is 36.4 Å². The lowest BCUT2D eigenvalue weighted by Gasteiger charge is -2.27. The highest BCUT2D eigenvalue weighted by molar-refractivity contribution is 5.41. The van der Waals surface area contributed by atoms with Gasteiger partial charge in [0.2, 0.25) is 5.56 Å². The normalized spacial score (nSPS) is 21.6. The lowest BCUT2D eigenvalue weighted by Crippen LogP contribution is -2.43. The molecule has 1 aliphatic rings. The summed E-state index contributed by atoms with van der Waals surface area (Å²) in [6.07, 6.45) is 2.83. The number of aryl methyl sites for hydroxylation is 1. The molecule has 0 radical (unpaired) electrons. The van der Waals surface area contributed by atoms with Gasteiger partial charge in [0.15, 0.2) is 0 Å². The van der Waals surface area contributed by atoms with E-state index in [1.54, 1.807) is 17.7 Å². The van der Waals surface area contributed by atoms with Gasteiger partial charge in [0.25, 0.3) is 0 Å². The molecular formula is C13H21N3O2. The van der Waals surface area contributed by atoms with Crippen molar-refractivity contribution in [2.24, 2.45) is 7.05 Å². The molecule has 1 aliphatic heterocycles. The van der Waals surface area contributed by atoms with Crippen LogP contribution in [0.4, 0.5) is 5.69 Å². The third kappa shape index (κ3) is 3.58. The van der Waals surface area contributed by atoms with Gasteiger partial charge in [-0.3, -0.25) is 4.79 Å². The second kappa shape index (κ2) is 6.02. The first-order chi connectivity index (χ1) is 8.65. The van der Waals surface area contributed by atoms with Crippen LogP contribution in [0.2, 0.25) is 0 Å². The Bertz CT molecular complexity index is 438. The third-order valence-electron chi connectivity index (χ3n) is 3.14. The van der Waals surface area contributed by atoms with Crippen molar-refractivity contribution < 1.29 is 4.74 Å². The molecule has 0 aromatic carbocycles. The Hall–Kier alpha value is -1.33. The van der Waals surface area contributed by atoms with Crippen molar-refractivity contribution in [2.75, 3.05) is 25.1 Å². The number of nitrogens with one attached hydrogen (secondary N) is 2. The second-order valence-corrected chi connectivity index (χ2v) is 4.87. The van der Waals surface area contributed by atoms with Crippen molar-refractivity contribution in [1.29, 1.82) is 0 Å². The van der Waals surface area contributed by atoms with Crippen molar-refractivity contribution in [2.45, 2.75) is 25.4 Å². The number of aromatic nitrogens is 1. The second-order valence-electron chi connectivity index (χ2n) is 4.87. The summed E-state index contributed by atoms with van der Waals surface area (Å²) in [5.74, 6) is 0. The quantitative estimate of drug-likeness (QED) is 0.821. The number of hydrogen-bond donors (Lipinski definition) is 2. The molecule has 100 valence electrons. The summed E-state index contributed by atoms with van der Waals surface area (Å²) < 4.78 is 7.01. The van der Waals surface area contributed by atoms with Gasteiger partial charge in [0.05, 0.1) is 18.9 Å². The number of anilines is 1. The van der Waals surface area contributed by atoms with Crippen LogP contribution >= 0.6 is 0 Å². The minimum atomic E-state index is 0.00977. The summed E-state index contributed by atoms with van der Waals surface area (Å²) in [7, 11) is 1.76. The van der Waals surface area contributed by atoms with Crippen LogP contribution in [0.5, 0.6) is 0 Å². The molecule has 0 amide bonds. The van der Waals surface area contributed by atoms with E-state index >= 15 is 0 Å². The average Bonchev–Trinajstić information content (AvgIpc) is 2.35. The number of ether oxygens (including phenoxy) is 1. The number of pyridine rings is 1. The Labute approximate surface area is 107 Å². The fraction of sp³-hybridized carbons (Fsp3) is 0.615. The zero-order valence-electron chi connectivity index (χ0n) is 11.0. The first kappa shape index (κ1) is 13.1. The first-order valence-corrected chi connectivity index (χ1v) is 6.39. The molecule has 0 spiro atoms. The maximum atomic E-state index is 11.3. The Morgan fingerprint density at radius 2 is 2.44 bits per heavy atom. The van der Waals surface area contributed by atoms with Crippen LogP contribution < -0.4 is 16.2 Å². The summed E-state index contributed by atoms with van der Waals surface area (Å²) in [5.41, 5.74) is 0.983. The molecule has 1 aromatic heterocycles. The maximum absolute atomic E-state index is 11.3. The third-order valence-corrected chi connectivity index (χ3v) is 3.14. The van der Waals surface area contributed by atoms with E-state index in [-0.39, 0.29) is 5.56 Å². The van der Waals surface area contributed by atoms with E-state index in [1.165, 1.54) is 0 Å². The van der Waals surface area contributed by atoms with Gasteiger partial charge >= 0.3 is 0 Å². The molecule has 1 aromatic rings. The Kier molecular flexibility index (Phi) is 4.38. The summed E-state index contributed by atoms with van der Waals surface area (Å²) in [6, 6.07) is 4.15. The topological polar surface area (TPSA) is 55.3 Å². The highest BCUT2D eigenvalue weighted by Gasteiger charge is 2.16. The van der Waals surface area contributed by atoms with E-state index < -0.39 is 0 Å². The summed E-state index contributed by atoms with van der Waals surface area (Å²) in [4.78, 5) is 11.3. The van der Waals surface area contributed by atoms with Gasteiger partial charge in [-0.15, -0.1) is 0 Å². The number of morpholine rings is 1. The maximum Gasteiger partial charge on any atom is 0.250 e. The highest BCUT2D eigenvalue weighted by atomic mass is 16.5. The number of hydrogen-bond acceptors (Lipinski definition) is 4. The predicted molar refractivity (Wildman–Crippen MR) is 72.0 cm³/mol. The molecule has 18 heavy (non-hydrogen) atoms. The average molecular weight is 251 g/mol. The molecular weight excluding hydrogens is 230 g/mol. The van der Waals surface area contributed by atoms with E-state index in [0.29, 0.717) is 12.1 Å². The van der Waals surface area contributed by atoms with Gasteiger partial charge in [0.1, 0.15) is 0 Å². The molecule has 2 rings (SSSR count). The molecule has 2 atom stereocenters. The molecule has 2 unspecified atom stereocenters. The highest BCUT2D eigenvalue weighted by Crippen LogP contribution is 2.09. The zero-order valence-corrected chi connectivity index (χ0v) is 11.0. The zero-order chi connectivity index (χ0) is 13.0. The molecule has 0 aliphatic carbocycles. The van der Waals surface area contributed by atoms with Gasteiger partial charge in [-0.2, -0.15) is 0 Å². The summed E-state index contributed by atoms with van der Waals surface area (Å²) in [6.45, 7) is 4.65. The van der Waals surface area contributed by atoms with Crippen molar-refractivity contribution in [1.82, 2.24) is 9.88 Å². The largest absolute Gasteiger partial charge is 0.381 e. The van der Waals surface area contributed by atoms with Gasteiger partial charge in [-0.05, 0) is 19.4 Å². The Morgan fingerprint density at radius 1 is 1.61 bits per heavy atom. The Morgan fingerprint density at radius 3 is 3.11 bits per heavy atom. The molecule has 2 heterocycles. The SMILES string of the molecule is CC(CC1COCCN1)Nc1ccc(=O)n(C)c1. The van der Waals surface area contributed by atoms with Crippen molar-refractivity contribution in [3.63, 3.8) is 0 Å². The van der Waals surface area contributed by atoms with Crippen LogP contribution in [0.25, 0.3) is 0 Å². The lowest BCUT2D eigenvalue weighted by molar-refractivity contribution is 0.0731. The molecule has 5 heteroatoms. The fourth-order valence-corrected chi connectivity index (χ4v) is 2.22. The minimum Gasteiger partial charge on any atom is -0.381 e. The van der Waals surface area contributed by atoms with E-state index in [2.05, 4.69) is 17.6 Å². The standard InChI is InChI=1S/C13H21N3O2/c1-10(7-12-9-18-6-5-14-12)15-11-3-4-13(17)16(2)8-11/h3-4,8,10,12,14-15H,5-7,9H2,1-2H3. The molecule has 0 saturated carbocycles. The first-order valence-electron chi connectivity index (χ1n) is 6.39. The van der Waals surface area contributed by atoms with E-state index in [1.807, 2.05) is 12.3 Å². The number of nitrogens with zero attached hydrogens (tertiary/aromatic N) is 1. The molecule has 1 fully saturated rings. The van der Waals surface area contributed by atoms with Gasteiger partial charge in [-0.25, -0.2) is 0 Å². The summed E-state index contributed by atoms with van der Waals surface area (Å²) in [5, 5.41) is 6.84. The predicted octanol–water partition coefficient (Wildman–Crippen LogP) is 0.564. The van der Waals surface area contributed by atoms with E-state index in [9.17, 15) is 4.79 Å². The van der Waals surface area contributed by atoms with Crippen molar-refractivity contribution >= 4 is 5.69 Å². The summed E-state index contributed by atoms with van der Waals surface area (Å²) >= 11 is 0. The fourth-order valence-electron chi connectivity index (χ4n) is 2.22. The molecule has 5 nitrogen and oxygen atoms in total. The molecule has 0 bridgehead atoms. The minimum absolute atomic E-state index is 0.00977. The monoisotopic (exact) mass is 251 g/mol. The molecule has 1 saturated heterocycles. The molecule has 2 N–H and O–H groups in total. The van der Waals surface area contributed by atoms with Crippen LogP contribution in [0, 0.1) is 0 Å². The van der Waals surface area contributed by atoms with E-state index in [0.717, 1.165) is 31.9 Å². The van der Waals surface area contributed by atoms with Crippen molar-refractivity contribution in [3.8, 4) is 0 Å². The van der Waals surface area contributed by atoms with Crippen LogP contribution in [0.1, 0.15) is 13.3 Å².